The fraction of sp³-hybridized carbons (Fsp3) is 0.250. The summed E-state index contributed by atoms with van der Waals surface area (Å²) in [6, 6.07) is 13.6. The monoisotopic (exact) mass is 368 g/mol. The molecule has 3 rings (SSSR count). The van der Waals surface area contributed by atoms with E-state index in [4.69, 9.17) is 11.6 Å². The standard InChI is InChI=1S/C16H17ClN2O2S2/c17-13-1-7-16(8-2-13)23(20,21)18-14-3-5-15(6-4-14)19-9-11-22-12-10-19/h1-8,18H,9-12H2. The largest absolute Gasteiger partial charge is 0.370 e. The maximum Gasteiger partial charge on any atom is 0.261 e. The minimum absolute atomic E-state index is 0.194. The fourth-order valence-corrected chi connectivity index (χ4v) is 4.48. The van der Waals surface area contributed by atoms with Crippen LogP contribution >= 0.6 is 23.4 Å². The molecule has 1 saturated heterocycles. The summed E-state index contributed by atoms with van der Waals surface area (Å²) in [6.07, 6.45) is 0. The quantitative estimate of drug-likeness (QED) is 0.894. The van der Waals surface area contributed by atoms with Gasteiger partial charge in [0.2, 0.25) is 0 Å². The Labute approximate surface area is 145 Å². The molecule has 1 aliphatic heterocycles. The Morgan fingerprint density at radius 2 is 1.57 bits per heavy atom. The summed E-state index contributed by atoms with van der Waals surface area (Å²) in [4.78, 5) is 2.51. The molecule has 1 N–H and O–H groups in total. The van der Waals surface area contributed by atoms with E-state index in [1.54, 1.807) is 24.3 Å². The number of rotatable bonds is 4. The van der Waals surface area contributed by atoms with Crippen molar-refractivity contribution in [3.63, 3.8) is 0 Å². The first-order valence-corrected chi connectivity index (χ1v) is 10.3. The van der Waals surface area contributed by atoms with Gasteiger partial charge in [0.25, 0.3) is 10.0 Å². The Kier molecular flexibility index (Phi) is 5.04. The predicted molar refractivity (Wildman–Crippen MR) is 98.2 cm³/mol. The van der Waals surface area contributed by atoms with Crippen molar-refractivity contribution in [3.05, 3.63) is 53.6 Å². The zero-order valence-corrected chi connectivity index (χ0v) is 14.8. The minimum Gasteiger partial charge on any atom is -0.370 e. The van der Waals surface area contributed by atoms with E-state index >= 15 is 0 Å². The third kappa shape index (κ3) is 4.13. The van der Waals surface area contributed by atoms with Gasteiger partial charge in [-0.05, 0) is 48.5 Å². The Morgan fingerprint density at radius 1 is 0.957 bits per heavy atom. The molecule has 2 aromatic carbocycles. The van der Waals surface area contributed by atoms with Crippen molar-refractivity contribution in [2.24, 2.45) is 0 Å². The number of thioether (sulfide) groups is 1. The van der Waals surface area contributed by atoms with E-state index in [0.29, 0.717) is 10.7 Å². The second-order valence-corrected chi connectivity index (χ2v) is 8.55. The van der Waals surface area contributed by atoms with Crippen LogP contribution in [0.3, 0.4) is 0 Å². The van der Waals surface area contributed by atoms with Crippen molar-refractivity contribution in [2.45, 2.75) is 4.90 Å². The van der Waals surface area contributed by atoms with Crippen molar-refractivity contribution in [3.8, 4) is 0 Å². The minimum atomic E-state index is -3.59. The lowest BCUT2D eigenvalue weighted by Gasteiger charge is -2.28. The fourth-order valence-electron chi connectivity index (χ4n) is 2.39. The normalized spacial score (nSPS) is 15.4. The van der Waals surface area contributed by atoms with Crippen LogP contribution in [0, 0.1) is 0 Å². The van der Waals surface area contributed by atoms with Gasteiger partial charge in [-0.3, -0.25) is 4.72 Å². The number of nitrogens with one attached hydrogen (secondary N) is 1. The lowest BCUT2D eigenvalue weighted by molar-refractivity contribution is 0.601. The first kappa shape index (κ1) is 16.5. The predicted octanol–water partition coefficient (Wildman–Crippen LogP) is 3.69. The van der Waals surface area contributed by atoms with Crippen molar-refractivity contribution in [1.29, 1.82) is 0 Å². The molecule has 23 heavy (non-hydrogen) atoms. The molecule has 0 amide bonds. The average molecular weight is 369 g/mol. The molecule has 122 valence electrons. The van der Waals surface area contributed by atoms with Crippen LogP contribution in [0.4, 0.5) is 11.4 Å². The van der Waals surface area contributed by atoms with E-state index in [1.807, 2.05) is 23.9 Å². The average Bonchev–Trinajstić information content (AvgIpc) is 2.56. The van der Waals surface area contributed by atoms with Gasteiger partial charge in [-0.25, -0.2) is 8.42 Å². The summed E-state index contributed by atoms with van der Waals surface area (Å²) in [7, 11) is -3.59. The zero-order chi connectivity index (χ0) is 16.3. The van der Waals surface area contributed by atoms with E-state index in [0.717, 1.165) is 30.3 Å². The highest BCUT2D eigenvalue weighted by atomic mass is 35.5. The van der Waals surface area contributed by atoms with E-state index in [9.17, 15) is 8.42 Å². The molecule has 1 fully saturated rings. The molecule has 0 bridgehead atoms. The summed E-state index contributed by atoms with van der Waals surface area (Å²) in [5.74, 6) is 2.26. The molecular formula is C16H17ClN2O2S2. The van der Waals surface area contributed by atoms with E-state index in [1.165, 1.54) is 12.1 Å². The molecule has 1 heterocycles. The molecule has 0 spiro atoms. The number of sulfonamides is 1. The van der Waals surface area contributed by atoms with E-state index in [-0.39, 0.29) is 4.90 Å². The van der Waals surface area contributed by atoms with E-state index < -0.39 is 10.0 Å². The molecule has 7 heteroatoms. The van der Waals surface area contributed by atoms with Gasteiger partial charge in [-0.15, -0.1) is 0 Å². The maximum absolute atomic E-state index is 12.3. The second kappa shape index (κ2) is 7.03. The lowest BCUT2D eigenvalue weighted by Crippen LogP contribution is -2.32. The van der Waals surface area contributed by atoms with Gasteiger partial charge in [0.1, 0.15) is 0 Å². The number of anilines is 2. The highest BCUT2D eigenvalue weighted by molar-refractivity contribution is 7.99. The molecule has 4 nitrogen and oxygen atoms in total. The highest BCUT2D eigenvalue weighted by Crippen LogP contribution is 2.23. The first-order chi connectivity index (χ1) is 11.0. The van der Waals surface area contributed by atoms with Crippen LogP contribution in [0.1, 0.15) is 0 Å². The Hall–Kier alpha value is -1.37. The second-order valence-electron chi connectivity index (χ2n) is 5.21. The number of hydrogen-bond donors (Lipinski definition) is 1. The number of hydrogen-bond acceptors (Lipinski definition) is 4. The van der Waals surface area contributed by atoms with Crippen molar-refractivity contribution in [2.75, 3.05) is 34.2 Å². The van der Waals surface area contributed by atoms with Gasteiger partial charge in [-0.1, -0.05) is 11.6 Å². The van der Waals surface area contributed by atoms with Gasteiger partial charge in [0.05, 0.1) is 4.90 Å². The summed E-state index contributed by atoms with van der Waals surface area (Å²) in [5.41, 5.74) is 1.68. The molecule has 0 atom stereocenters. The highest BCUT2D eigenvalue weighted by Gasteiger charge is 2.15. The molecule has 2 aromatic rings. The molecule has 0 aliphatic carbocycles. The maximum atomic E-state index is 12.3. The molecule has 0 unspecified atom stereocenters. The smallest absolute Gasteiger partial charge is 0.261 e. The first-order valence-electron chi connectivity index (χ1n) is 7.26. The van der Waals surface area contributed by atoms with E-state index in [2.05, 4.69) is 9.62 Å². The summed E-state index contributed by atoms with van der Waals surface area (Å²) >= 11 is 7.75. The Morgan fingerprint density at radius 3 is 2.17 bits per heavy atom. The SMILES string of the molecule is O=S(=O)(Nc1ccc(N2CCSCC2)cc1)c1ccc(Cl)cc1. The summed E-state index contributed by atoms with van der Waals surface area (Å²) < 4.78 is 27.3. The summed E-state index contributed by atoms with van der Waals surface area (Å²) in [5, 5.41) is 0.507. The Bertz CT molecular complexity index is 756. The molecule has 0 saturated carbocycles. The third-order valence-electron chi connectivity index (χ3n) is 3.62. The number of nitrogens with zero attached hydrogens (tertiary/aromatic N) is 1. The van der Waals surface area contributed by atoms with Crippen LogP contribution < -0.4 is 9.62 Å². The van der Waals surface area contributed by atoms with Gasteiger partial charge in [0.15, 0.2) is 0 Å². The summed E-state index contributed by atoms with van der Waals surface area (Å²) in [6.45, 7) is 2.06. The topological polar surface area (TPSA) is 49.4 Å². The Balaban J connectivity index is 1.73. The van der Waals surface area contributed by atoms with Crippen molar-refractivity contribution in [1.82, 2.24) is 0 Å². The van der Waals surface area contributed by atoms with Crippen LogP contribution in [0.2, 0.25) is 5.02 Å². The third-order valence-corrected chi connectivity index (χ3v) is 6.21. The van der Waals surface area contributed by atoms with Gasteiger partial charge in [-0.2, -0.15) is 11.8 Å². The van der Waals surface area contributed by atoms with Crippen LogP contribution in [-0.2, 0) is 10.0 Å². The zero-order valence-electron chi connectivity index (χ0n) is 12.4. The van der Waals surface area contributed by atoms with Crippen molar-refractivity contribution < 1.29 is 8.42 Å². The van der Waals surface area contributed by atoms with Crippen LogP contribution in [0.5, 0.6) is 0 Å². The van der Waals surface area contributed by atoms with Gasteiger partial charge >= 0.3 is 0 Å². The van der Waals surface area contributed by atoms with Crippen molar-refractivity contribution >= 4 is 44.8 Å². The van der Waals surface area contributed by atoms with Gasteiger partial charge < -0.3 is 4.90 Å². The number of benzene rings is 2. The molecule has 0 radical (unpaired) electrons. The molecular weight excluding hydrogens is 352 g/mol. The molecule has 1 aliphatic rings. The van der Waals surface area contributed by atoms with Gasteiger partial charge in [0, 0.05) is 41.0 Å². The molecule has 0 aromatic heterocycles. The van der Waals surface area contributed by atoms with Crippen LogP contribution in [-0.4, -0.2) is 33.0 Å². The number of halogens is 1. The lowest BCUT2D eigenvalue weighted by atomic mass is 10.2. The van der Waals surface area contributed by atoms with Crippen LogP contribution in [0.15, 0.2) is 53.4 Å². The van der Waals surface area contributed by atoms with Crippen LogP contribution in [0.25, 0.3) is 0 Å².